The highest BCUT2D eigenvalue weighted by molar-refractivity contribution is 7.89. The molecule has 0 aliphatic carbocycles. The van der Waals surface area contributed by atoms with Crippen LogP contribution in [-0.2, 0) is 14.8 Å². The monoisotopic (exact) mass is 272 g/mol. The molecule has 0 unspecified atom stereocenters. The van der Waals surface area contributed by atoms with Gasteiger partial charge in [-0.05, 0) is 18.2 Å². The van der Waals surface area contributed by atoms with Crippen molar-refractivity contribution in [2.24, 2.45) is 5.14 Å². The lowest BCUT2D eigenvalue weighted by atomic mass is 10.2. The molecule has 1 aromatic rings. The SMILES string of the molecule is CC(=O)NCCNc1ccc(S(N)(=O)=O)cc1N. The van der Waals surface area contributed by atoms with Gasteiger partial charge in [-0.3, -0.25) is 4.79 Å². The van der Waals surface area contributed by atoms with Gasteiger partial charge in [0.15, 0.2) is 0 Å². The van der Waals surface area contributed by atoms with E-state index < -0.39 is 10.0 Å². The van der Waals surface area contributed by atoms with Crippen molar-refractivity contribution in [3.8, 4) is 0 Å². The summed E-state index contributed by atoms with van der Waals surface area (Å²) in [5.74, 6) is -0.116. The molecule has 0 aliphatic rings. The van der Waals surface area contributed by atoms with Gasteiger partial charge < -0.3 is 16.4 Å². The summed E-state index contributed by atoms with van der Waals surface area (Å²) in [5, 5.41) is 10.6. The van der Waals surface area contributed by atoms with E-state index >= 15 is 0 Å². The molecule has 0 aromatic heterocycles. The Bertz CT molecular complexity index is 542. The first kappa shape index (κ1) is 14.3. The van der Waals surface area contributed by atoms with E-state index in [1.165, 1.54) is 25.1 Å². The summed E-state index contributed by atoms with van der Waals surface area (Å²) >= 11 is 0. The van der Waals surface area contributed by atoms with E-state index in [9.17, 15) is 13.2 Å². The fourth-order valence-corrected chi connectivity index (χ4v) is 1.86. The van der Waals surface area contributed by atoms with Crippen molar-refractivity contribution in [3.63, 3.8) is 0 Å². The molecule has 8 heteroatoms. The largest absolute Gasteiger partial charge is 0.397 e. The van der Waals surface area contributed by atoms with Gasteiger partial charge in [-0.2, -0.15) is 0 Å². The molecule has 0 atom stereocenters. The van der Waals surface area contributed by atoms with Crippen LogP contribution in [-0.4, -0.2) is 27.4 Å². The number of anilines is 2. The third-order valence-corrected chi connectivity index (χ3v) is 3.08. The second-order valence-corrected chi connectivity index (χ2v) is 5.27. The molecule has 18 heavy (non-hydrogen) atoms. The first-order valence-electron chi connectivity index (χ1n) is 5.21. The topological polar surface area (TPSA) is 127 Å². The summed E-state index contributed by atoms with van der Waals surface area (Å²) in [6.45, 7) is 2.36. The summed E-state index contributed by atoms with van der Waals surface area (Å²) in [4.78, 5) is 10.6. The second-order valence-electron chi connectivity index (χ2n) is 3.70. The Morgan fingerprint density at radius 1 is 1.33 bits per heavy atom. The van der Waals surface area contributed by atoms with Crippen molar-refractivity contribution in [1.29, 1.82) is 0 Å². The molecule has 0 spiro atoms. The summed E-state index contributed by atoms with van der Waals surface area (Å²) in [5.41, 5.74) is 6.56. The van der Waals surface area contributed by atoms with Crippen molar-refractivity contribution in [1.82, 2.24) is 5.32 Å². The van der Waals surface area contributed by atoms with E-state index in [0.717, 1.165) is 0 Å². The molecule has 1 rings (SSSR count). The van der Waals surface area contributed by atoms with Crippen LogP contribution in [0.3, 0.4) is 0 Å². The predicted molar refractivity (Wildman–Crippen MR) is 69.4 cm³/mol. The van der Waals surface area contributed by atoms with E-state index in [0.29, 0.717) is 18.8 Å². The molecule has 0 saturated carbocycles. The Labute approximate surface area is 106 Å². The molecule has 100 valence electrons. The molecule has 0 heterocycles. The van der Waals surface area contributed by atoms with Crippen molar-refractivity contribution < 1.29 is 13.2 Å². The summed E-state index contributed by atoms with van der Waals surface area (Å²) in [7, 11) is -3.74. The van der Waals surface area contributed by atoms with E-state index in [-0.39, 0.29) is 16.5 Å². The average Bonchev–Trinajstić information content (AvgIpc) is 2.24. The zero-order chi connectivity index (χ0) is 13.8. The lowest BCUT2D eigenvalue weighted by molar-refractivity contribution is -0.118. The minimum atomic E-state index is -3.74. The molecular formula is C10H16N4O3S. The van der Waals surface area contributed by atoms with Gasteiger partial charge in [0.25, 0.3) is 0 Å². The summed E-state index contributed by atoms with van der Waals surface area (Å²) < 4.78 is 22.2. The first-order chi connectivity index (χ1) is 8.30. The maximum atomic E-state index is 11.1. The average molecular weight is 272 g/mol. The number of carbonyl (C=O) groups excluding carboxylic acids is 1. The van der Waals surface area contributed by atoms with Gasteiger partial charge in [-0.1, -0.05) is 0 Å². The van der Waals surface area contributed by atoms with E-state index in [2.05, 4.69) is 10.6 Å². The van der Waals surface area contributed by atoms with Gasteiger partial charge in [0.05, 0.1) is 16.3 Å². The van der Waals surface area contributed by atoms with E-state index in [1.54, 1.807) is 0 Å². The van der Waals surface area contributed by atoms with Crippen LogP contribution in [0.4, 0.5) is 11.4 Å². The van der Waals surface area contributed by atoms with Crippen LogP contribution >= 0.6 is 0 Å². The van der Waals surface area contributed by atoms with Crippen molar-refractivity contribution in [2.75, 3.05) is 24.1 Å². The number of amides is 1. The molecule has 0 fully saturated rings. The highest BCUT2D eigenvalue weighted by Gasteiger charge is 2.09. The Balaban J connectivity index is 2.66. The number of rotatable bonds is 5. The zero-order valence-corrected chi connectivity index (χ0v) is 10.8. The number of hydrogen-bond acceptors (Lipinski definition) is 5. The van der Waals surface area contributed by atoms with Crippen LogP contribution < -0.4 is 21.5 Å². The Morgan fingerprint density at radius 2 is 2.00 bits per heavy atom. The van der Waals surface area contributed by atoms with Crippen molar-refractivity contribution in [3.05, 3.63) is 18.2 Å². The maximum Gasteiger partial charge on any atom is 0.238 e. The molecule has 0 radical (unpaired) electrons. The normalized spacial score (nSPS) is 11.0. The third kappa shape index (κ3) is 4.22. The molecule has 0 aliphatic heterocycles. The van der Waals surface area contributed by atoms with Crippen LogP contribution in [0.5, 0.6) is 0 Å². The summed E-state index contributed by atoms with van der Waals surface area (Å²) in [6, 6.07) is 4.19. The Hall–Kier alpha value is -1.80. The van der Waals surface area contributed by atoms with Gasteiger partial charge in [0.2, 0.25) is 15.9 Å². The second kappa shape index (κ2) is 5.69. The van der Waals surface area contributed by atoms with Crippen LogP contribution in [0.25, 0.3) is 0 Å². The van der Waals surface area contributed by atoms with Crippen LogP contribution in [0.1, 0.15) is 6.92 Å². The number of carbonyl (C=O) groups is 1. The van der Waals surface area contributed by atoms with Gasteiger partial charge in [-0.25, -0.2) is 13.6 Å². The fraction of sp³-hybridized carbons (Fsp3) is 0.300. The molecule has 6 N–H and O–H groups in total. The number of nitrogens with one attached hydrogen (secondary N) is 2. The zero-order valence-electron chi connectivity index (χ0n) is 9.93. The molecule has 1 amide bonds. The molecular weight excluding hydrogens is 256 g/mol. The van der Waals surface area contributed by atoms with Crippen LogP contribution in [0.15, 0.2) is 23.1 Å². The first-order valence-corrected chi connectivity index (χ1v) is 6.76. The maximum absolute atomic E-state index is 11.1. The van der Waals surface area contributed by atoms with Gasteiger partial charge in [-0.15, -0.1) is 0 Å². The highest BCUT2D eigenvalue weighted by atomic mass is 32.2. The van der Waals surface area contributed by atoms with Crippen molar-refractivity contribution >= 4 is 27.3 Å². The van der Waals surface area contributed by atoms with Crippen LogP contribution in [0, 0.1) is 0 Å². The lowest BCUT2D eigenvalue weighted by Gasteiger charge is -2.10. The number of sulfonamides is 1. The highest BCUT2D eigenvalue weighted by Crippen LogP contribution is 2.21. The quantitative estimate of drug-likeness (QED) is 0.423. The number of nitrogens with two attached hydrogens (primary N) is 2. The number of nitrogen functional groups attached to an aromatic ring is 1. The van der Waals surface area contributed by atoms with Gasteiger partial charge >= 0.3 is 0 Å². The number of benzene rings is 1. The van der Waals surface area contributed by atoms with Gasteiger partial charge in [0.1, 0.15) is 0 Å². The molecule has 0 saturated heterocycles. The van der Waals surface area contributed by atoms with Crippen molar-refractivity contribution in [2.45, 2.75) is 11.8 Å². The van der Waals surface area contributed by atoms with E-state index in [4.69, 9.17) is 10.9 Å². The molecule has 7 nitrogen and oxygen atoms in total. The number of hydrogen-bond donors (Lipinski definition) is 4. The third-order valence-electron chi connectivity index (χ3n) is 2.17. The Morgan fingerprint density at radius 3 is 2.50 bits per heavy atom. The minimum Gasteiger partial charge on any atom is -0.397 e. The van der Waals surface area contributed by atoms with E-state index in [1.807, 2.05) is 0 Å². The molecule has 1 aromatic carbocycles. The smallest absolute Gasteiger partial charge is 0.238 e. The Kier molecular flexibility index (Phi) is 4.51. The predicted octanol–water partition coefficient (Wildman–Crippen LogP) is -0.536. The number of primary sulfonamides is 1. The fourth-order valence-electron chi connectivity index (χ4n) is 1.31. The molecule has 0 bridgehead atoms. The lowest BCUT2D eigenvalue weighted by Crippen LogP contribution is -2.26. The van der Waals surface area contributed by atoms with Crippen LogP contribution in [0.2, 0.25) is 0 Å². The minimum absolute atomic E-state index is 0.0348. The standard InChI is InChI=1S/C10H16N4O3S/c1-7(15)13-4-5-14-10-3-2-8(6-9(10)11)18(12,16)17/h2-3,6,14H,4-5,11H2,1H3,(H,13,15)(H2,12,16,17). The van der Waals surface area contributed by atoms with Gasteiger partial charge in [0, 0.05) is 20.0 Å². The summed E-state index contributed by atoms with van der Waals surface area (Å²) in [6.07, 6.45) is 0.